The van der Waals surface area contributed by atoms with Gasteiger partial charge in [0.15, 0.2) is 5.17 Å². The van der Waals surface area contributed by atoms with Crippen molar-refractivity contribution in [3.63, 3.8) is 0 Å². The quantitative estimate of drug-likeness (QED) is 0.398. The molecule has 1 rings (SSSR count). The van der Waals surface area contributed by atoms with Gasteiger partial charge < -0.3 is 0 Å². The number of halogens is 3. The molecule has 1 aromatic carbocycles. The van der Waals surface area contributed by atoms with Gasteiger partial charge in [-0.15, -0.1) is 11.6 Å². The van der Waals surface area contributed by atoms with Gasteiger partial charge in [-0.1, -0.05) is 28.4 Å². The Morgan fingerprint density at radius 1 is 1.38 bits per heavy atom. The maximum atomic E-state index is 11.1. The van der Waals surface area contributed by atoms with Gasteiger partial charge in [0, 0.05) is 10.7 Å². The van der Waals surface area contributed by atoms with Gasteiger partial charge >= 0.3 is 6.09 Å². The topological polar surface area (TPSA) is 50.7 Å². The van der Waals surface area contributed by atoms with Crippen molar-refractivity contribution in [2.24, 2.45) is 5.16 Å². The van der Waals surface area contributed by atoms with E-state index in [0.29, 0.717) is 10.7 Å². The smallest absolute Gasteiger partial charge is 0.297 e. The predicted octanol–water partition coefficient (Wildman–Crippen LogP) is 3.68. The second-order valence-electron chi connectivity index (χ2n) is 2.61. The molecule has 0 bridgehead atoms. The van der Waals surface area contributed by atoms with Crippen LogP contribution in [0, 0.1) is 0 Å². The molecule has 0 aliphatic carbocycles. The van der Waals surface area contributed by atoms with E-state index in [1.165, 1.54) is 0 Å². The Balaban J connectivity index is 2.49. The van der Waals surface area contributed by atoms with E-state index in [2.05, 4.69) is 15.3 Å². The molecule has 0 saturated carbocycles. The normalized spacial score (nSPS) is 11.1. The summed E-state index contributed by atoms with van der Waals surface area (Å²) in [5.74, 6) is -0.0181. The Bertz CT molecular complexity index is 392. The summed E-state index contributed by atoms with van der Waals surface area (Å²) in [5, 5.41) is 6.25. The number of oxime groups is 1. The highest BCUT2D eigenvalue weighted by Gasteiger charge is 2.03. The monoisotopic (exact) mass is 280 g/mol. The van der Waals surface area contributed by atoms with E-state index in [9.17, 15) is 4.79 Å². The number of alkyl halides is 1. The van der Waals surface area contributed by atoms with Crippen LogP contribution >= 0.6 is 34.8 Å². The molecular formula is C9H7Cl3N2O2. The summed E-state index contributed by atoms with van der Waals surface area (Å²) in [6.45, 7) is 0. The van der Waals surface area contributed by atoms with Crippen molar-refractivity contribution < 1.29 is 9.63 Å². The Kier molecular flexibility index (Phi) is 5.38. The summed E-state index contributed by atoms with van der Waals surface area (Å²) in [7, 11) is 0. The first-order chi connectivity index (χ1) is 7.61. The number of nitrogens with zero attached hydrogens (tertiary/aromatic N) is 1. The SMILES string of the molecule is O=C(Nc1ccc(Cl)cc1)ON=C(Cl)CCl. The molecule has 0 radical (unpaired) electrons. The lowest BCUT2D eigenvalue weighted by Gasteiger charge is -2.02. The van der Waals surface area contributed by atoms with E-state index in [-0.39, 0.29) is 11.1 Å². The molecule has 1 aromatic rings. The van der Waals surface area contributed by atoms with E-state index >= 15 is 0 Å². The average Bonchev–Trinajstić information content (AvgIpc) is 2.29. The number of amides is 1. The van der Waals surface area contributed by atoms with Crippen molar-refractivity contribution in [3.8, 4) is 0 Å². The summed E-state index contributed by atoms with van der Waals surface area (Å²) in [4.78, 5) is 15.6. The third kappa shape index (κ3) is 4.70. The molecule has 1 N–H and O–H groups in total. The van der Waals surface area contributed by atoms with E-state index < -0.39 is 6.09 Å². The zero-order chi connectivity index (χ0) is 12.0. The highest BCUT2D eigenvalue weighted by Crippen LogP contribution is 2.13. The lowest BCUT2D eigenvalue weighted by molar-refractivity contribution is 0.167. The van der Waals surface area contributed by atoms with E-state index in [1.54, 1.807) is 24.3 Å². The number of rotatable bonds is 3. The van der Waals surface area contributed by atoms with Crippen LogP contribution < -0.4 is 5.32 Å². The number of carbonyl (C=O) groups excluding carboxylic acids is 1. The Morgan fingerprint density at radius 3 is 2.56 bits per heavy atom. The molecule has 0 spiro atoms. The van der Waals surface area contributed by atoms with Gasteiger partial charge in [0.2, 0.25) is 0 Å². The zero-order valence-electron chi connectivity index (χ0n) is 7.91. The van der Waals surface area contributed by atoms with Crippen molar-refractivity contribution >= 4 is 51.8 Å². The van der Waals surface area contributed by atoms with Gasteiger partial charge in [-0.2, -0.15) is 0 Å². The van der Waals surface area contributed by atoms with Gasteiger partial charge in [-0.3, -0.25) is 10.2 Å². The molecule has 0 unspecified atom stereocenters. The second kappa shape index (κ2) is 6.58. The van der Waals surface area contributed by atoms with E-state index in [1.807, 2.05) is 0 Å². The van der Waals surface area contributed by atoms with Gasteiger partial charge in [0.05, 0.1) is 5.88 Å². The van der Waals surface area contributed by atoms with Crippen LogP contribution in [0.4, 0.5) is 10.5 Å². The summed E-state index contributed by atoms with van der Waals surface area (Å²) >= 11 is 16.4. The largest absolute Gasteiger partial charge is 0.437 e. The maximum Gasteiger partial charge on any atom is 0.437 e. The van der Waals surface area contributed by atoms with Crippen LogP contribution in [0.1, 0.15) is 0 Å². The Hall–Kier alpha value is -0.970. The van der Waals surface area contributed by atoms with E-state index in [0.717, 1.165) is 0 Å². The van der Waals surface area contributed by atoms with Crippen LogP contribution in [0.25, 0.3) is 0 Å². The minimum atomic E-state index is -0.759. The maximum absolute atomic E-state index is 11.1. The highest BCUT2D eigenvalue weighted by atomic mass is 35.5. The minimum absolute atomic E-state index is 0.00655. The lowest BCUT2D eigenvalue weighted by atomic mass is 10.3. The molecule has 0 atom stereocenters. The summed E-state index contributed by atoms with van der Waals surface area (Å²) < 4.78 is 0. The van der Waals surface area contributed by atoms with Crippen molar-refractivity contribution in [1.82, 2.24) is 0 Å². The third-order valence-electron chi connectivity index (χ3n) is 1.43. The molecule has 0 aromatic heterocycles. The fourth-order valence-electron chi connectivity index (χ4n) is 0.789. The van der Waals surface area contributed by atoms with E-state index in [4.69, 9.17) is 34.8 Å². The first-order valence-corrected chi connectivity index (χ1v) is 5.43. The fraction of sp³-hybridized carbons (Fsp3) is 0.111. The molecule has 0 aliphatic rings. The molecule has 0 heterocycles. The number of hydrogen-bond donors (Lipinski definition) is 1. The molecule has 7 heteroatoms. The standard InChI is InChI=1S/C9H7Cl3N2O2/c10-5-8(12)14-16-9(15)13-7-3-1-6(11)2-4-7/h1-4H,5H2,(H,13,15). The third-order valence-corrected chi connectivity index (χ3v) is 2.27. The molecule has 0 fully saturated rings. The Morgan fingerprint density at radius 2 is 2.00 bits per heavy atom. The minimum Gasteiger partial charge on any atom is -0.297 e. The first-order valence-electron chi connectivity index (χ1n) is 4.13. The van der Waals surface area contributed by atoms with Gasteiger partial charge in [0.25, 0.3) is 0 Å². The van der Waals surface area contributed by atoms with Crippen LogP contribution in [0.2, 0.25) is 5.02 Å². The summed E-state index contributed by atoms with van der Waals surface area (Å²) in [5.41, 5.74) is 0.534. The zero-order valence-corrected chi connectivity index (χ0v) is 10.2. The van der Waals surface area contributed by atoms with Crippen LogP contribution in [-0.2, 0) is 4.84 Å². The molecule has 4 nitrogen and oxygen atoms in total. The number of hydrogen-bond acceptors (Lipinski definition) is 3. The molecular weight excluding hydrogens is 274 g/mol. The van der Waals surface area contributed by atoms with Gasteiger partial charge in [-0.25, -0.2) is 4.79 Å². The fourth-order valence-corrected chi connectivity index (χ4v) is 0.999. The predicted molar refractivity (Wildman–Crippen MR) is 65.6 cm³/mol. The lowest BCUT2D eigenvalue weighted by Crippen LogP contribution is -2.11. The van der Waals surface area contributed by atoms with Crippen molar-refractivity contribution in [1.29, 1.82) is 0 Å². The van der Waals surface area contributed by atoms with Crippen LogP contribution in [-0.4, -0.2) is 17.1 Å². The summed E-state index contributed by atoms with van der Waals surface area (Å²) in [6, 6.07) is 6.51. The summed E-state index contributed by atoms with van der Waals surface area (Å²) in [6.07, 6.45) is -0.759. The van der Waals surface area contributed by atoms with Crippen molar-refractivity contribution in [2.75, 3.05) is 11.2 Å². The molecule has 0 saturated heterocycles. The first kappa shape index (κ1) is 13.1. The molecule has 0 aliphatic heterocycles. The second-order valence-corrected chi connectivity index (χ2v) is 3.75. The van der Waals surface area contributed by atoms with Crippen molar-refractivity contribution in [2.45, 2.75) is 0 Å². The molecule has 86 valence electrons. The van der Waals surface area contributed by atoms with Crippen LogP contribution in [0.3, 0.4) is 0 Å². The number of nitrogens with one attached hydrogen (secondary N) is 1. The van der Waals surface area contributed by atoms with Crippen molar-refractivity contribution in [3.05, 3.63) is 29.3 Å². The average molecular weight is 282 g/mol. The highest BCUT2D eigenvalue weighted by molar-refractivity contribution is 6.69. The van der Waals surface area contributed by atoms with Crippen LogP contribution in [0.15, 0.2) is 29.4 Å². The number of carbonyl (C=O) groups is 1. The van der Waals surface area contributed by atoms with Gasteiger partial charge in [-0.05, 0) is 24.3 Å². The molecule has 16 heavy (non-hydrogen) atoms. The number of anilines is 1. The number of benzene rings is 1. The van der Waals surface area contributed by atoms with Gasteiger partial charge in [0.1, 0.15) is 0 Å². The van der Waals surface area contributed by atoms with Crippen LogP contribution in [0.5, 0.6) is 0 Å². The molecule has 1 amide bonds. The Labute approximate surface area is 107 Å².